The molecule has 0 radical (unpaired) electrons. The van der Waals surface area contributed by atoms with E-state index >= 15 is 0 Å². The standard InChI is InChI=1S/C39H58N10O10/c1-20(2)31(46-30(52)18-42-29(51)16-40)36(55)44-26(14-23-9-11-25(50)12-10-23)34(53)47-32(21(3)4)37(56)45-27(15-24-17-41-19-43-24)38(57)49-13-7-8-28(49)35(54)48-33(22(5)6)39(58)59/h9-12,17,19-22,26-28,31-33,50H,7-8,13-16,18,40H2,1-6H3,(H,41,43)(H,42,51)(H,44,55)(H,45,56)(H,46,52)(H,47,53)(H,48,54)(H,58,59)/t26-,27-,28-,31-,32-,33-/m0/s1. The lowest BCUT2D eigenvalue weighted by atomic mass is 9.98. The summed E-state index contributed by atoms with van der Waals surface area (Å²) in [6.07, 6.45) is 3.46. The van der Waals surface area contributed by atoms with Crippen molar-refractivity contribution in [3.63, 3.8) is 0 Å². The summed E-state index contributed by atoms with van der Waals surface area (Å²) in [5.74, 6) is -7.37. The maximum atomic E-state index is 14.2. The van der Waals surface area contributed by atoms with Gasteiger partial charge in [-0.1, -0.05) is 53.7 Å². The Morgan fingerprint density at radius 2 is 1.37 bits per heavy atom. The van der Waals surface area contributed by atoms with Crippen LogP contribution in [0, 0.1) is 17.8 Å². The molecule has 11 N–H and O–H groups in total. The van der Waals surface area contributed by atoms with Crippen LogP contribution in [0.25, 0.3) is 0 Å². The summed E-state index contributed by atoms with van der Waals surface area (Å²) in [4.78, 5) is 114. The monoisotopic (exact) mass is 826 g/mol. The molecule has 1 aromatic carbocycles. The quantitative estimate of drug-likeness (QED) is 0.0684. The van der Waals surface area contributed by atoms with Crippen LogP contribution in [0.1, 0.15) is 65.6 Å². The molecule has 324 valence electrons. The molecule has 6 atom stereocenters. The highest BCUT2D eigenvalue weighted by atomic mass is 16.4. The molecule has 20 nitrogen and oxygen atoms in total. The van der Waals surface area contributed by atoms with Crippen LogP contribution in [0.2, 0.25) is 0 Å². The van der Waals surface area contributed by atoms with Gasteiger partial charge in [-0.2, -0.15) is 0 Å². The smallest absolute Gasteiger partial charge is 0.326 e. The topological polar surface area (TPSA) is 307 Å². The second-order valence-electron chi connectivity index (χ2n) is 15.5. The van der Waals surface area contributed by atoms with Gasteiger partial charge < -0.3 is 57.7 Å². The van der Waals surface area contributed by atoms with Crippen molar-refractivity contribution < 1.29 is 48.6 Å². The number of phenols is 1. The number of H-pyrrole nitrogens is 1. The van der Waals surface area contributed by atoms with Crippen LogP contribution in [0.5, 0.6) is 5.75 Å². The fourth-order valence-electron chi connectivity index (χ4n) is 6.48. The van der Waals surface area contributed by atoms with Crippen LogP contribution >= 0.6 is 0 Å². The molecule has 1 aromatic heterocycles. The fourth-order valence-corrected chi connectivity index (χ4v) is 6.48. The van der Waals surface area contributed by atoms with Crippen molar-refractivity contribution in [1.82, 2.24) is 46.8 Å². The summed E-state index contributed by atoms with van der Waals surface area (Å²) in [7, 11) is 0. The lowest BCUT2D eigenvalue weighted by Gasteiger charge is -2.31. The van der Waals surface area contributed by atoms with Gasteiger partial charge in [0.2, 0.25) is 41.4 Å². The number of benzene rings is 1. The minimum Gasteiger partial charge on any atom is -0.508 e. The van der Waals surface area contributed by atoms with Crippen molar-refractivity contribution in [2.24, 2.45) is 23.5 Å². The highest BCUT2D eigenvalue weighted by Crippen LogP contribution is 2.21. The molecule has 1 aliphatic heterocycles. The van der Waals surface area contributed by atoms with Crippen molar-refractivity contribution >= 4 is 47.3 Å². The van der Waals surface area contributed by atoms with Crippen LogP contribution in [0.4, 0.5) is 0 Å². The lowest BCUT2D eigenvalue weighted by molar-refractivity contribution is -0.146. The number of aliphatic carboxylic acids is 1. The molecular weight excluding hydrogens is 768 g/mol. The molecule has 59 heavy (non-hydrogen) atoms. The largest absolute Gasteiger partial charge is 0.508 e. The summed E-state index contributed by atoms with van der Waals surface area (Å²) in [6.45, 7) is 9.40. The number of phenolic OH excluding ortho intramolecular Hbond substituents is 1. The molecule has 3 rings (SSSR count). The Hall–Kier alpha value is -6.05. The molecule has 1 fully saturated rings. The summed E-state index contributed by atoms with van der Waals surface area (Å²) < 4.78 is 0. The van der Waals surface area contributed by atoms with Crippen molar-refractivity contribution in [3.8, 4) is 5.75 Å². The Balaban J connectivity index is 1.86. The van der Waals surface area contributed by atoms with E-state index in [1.807, 2.05) is 0 Å². The van der Waals surface area contributed by atoms with Crippen LogP contribution in [-0.2, 0) is 51.2 Å². The number of nitrogens with zero attached hydrogens (tertiary/aromatic N) is 2. The summed E-state index contributed by atoms with van der Waals surface area (Å²) >= 11 is 0. The normalized spacial score (nSPS) is 16.4. The van der Waals surface area contributed by atoms with E-state index in [1.54, 1.807) is 53.7 Å². The molecule has 0 unspecified atom stereocenters. The maximum Gasteiger partial charge on any atom is 0.326 e. The average Bonchev–Trinajstić information content (AvgIpc) is 3.89. The SMILES string of the molecule is CC(C)[C@H](NC(=O)[C@@H]1CCCN1C(=O)[C@H](Cc1cnc[nH]1)NC(=O)[C@@H](NC(=O)[C@H](Cc1ccc(O)cc1)NC(=O)[C@@H](NC(=O)CNC(=O)CN)C(C)C)C(C)C)C(=O)O. The van der Waals surface area contributed by atoms with Crippen LogP contribution in [0.15, 0.2) is 36.8 Å². The number of carbonyl (C=O) groups excluding carboxylic acids is 7. The van der Waals surface area contributed by atoms with E-state index in [-0.39, 0.29) is 38.1 Å². The van der Waals surface area contributed by atoms with Gasteiger partial charge in [0.1, 0.15) is 42.0 Å². The van der Waals surface area contributed by atoms with Crippen LogP contribution in [-0.4, -0.2) is 128 Å². The van der Waals surface area contributed by atoms with E-state index in [2.05, 4.69) is 41.9 Å². The number of nitrogens with two attached hydrogens (primary N) is 1. The number of rotatable bonds is 21. The molecule has 2 heterocycles. The van der Waals surface area contributed by atoms with Gasteiger partial charge in [0.15, 0.2) is 0 Å². The Bertz CT molecular complexity index is 1780. The Morgan fingerprint density at radius 1 is 0.780 bits per heavy atom. The van der Waals surface area contributed by atoms with E-state index in [0.717, 1.165) is 0 Å². The van der Waals surface area contributed by atoms with Crippen molar-refractivity contribution in [1.29, 1.82) is 0 Å². The zero-order valence-electron chi connectivity index (χ0n) is 34.2. The van der Waals surface area contributed by atoms with E-state index in [9.17, 15) is 48.6 Å². The Kier molecular flexibility index (Phi) is 17.8. The summed E-state index contributed by atoms with van der Waals surface area (Å²) in [5, 5.41) is 35.0. The number of hydrogen-bond donors (Lipinski definition) is 10. The van der Waals surface area contributed by atoms with Crippen LogP contribution in [0.3, 0.4) is 0 Å². The van der Waals surface area contributed by atoms with Gasteiger partial charge in [-0.05, 0) is 48.3 Å². The molecule has 1 aliphatic rings. The number of aromatic nitrogens is 2. The predicted molar refractivity (Wildman–Crippen MR) is 213 cm³/mol. The first-order chi connectivity index (χ1) is 27.8. The number of carbonyl (C=O) groups is 8. The number of imidazole rings is 1. The number of aromatic amines is 1. The predicted octanol–water partition coefficient (Wildman–Crippen LogP) is -1.56. The Morgan fingerprint density at radius 3 is 1.92 bits per heavy atom. The van der Waals surface area contributed by atoms with Gasteiger partial charge in [0.05, 0.1) is 19.4 Å². The molecule has 1 saturated heterocycles. The van der Waals surface area contributed by atoms with Gasteiger partial charge in [-0.25, -0.2) is 9.78 Å². The van der Waals surface area contributed by atoms with Crippen molar-refractivity contribution in [3.05, 3.63) is 48.0 Å². The third kappa shape index (κ3) is 14.1. The molecule has 0 spiro atoms. The van der Waals surface area contributed by atoms with E-state index in [1.165, 1.54) is 29.6 Å². The van der Waals surface area contributed by atoms with Gasteiger partial charge in [0, 0.05) is 31.3 Å². The fraction of sp³-hybridized carbons (Fsp3) is 0.564. The summed E-state index contributed by atoms with van der Waals surface area (Å²) in [5.41, 5.74) is 6.31. The first kappa shape index (κ1) is 47.3. The maximum absolute atomic E-state index is 14.2. The number of nitrogens with one attached hydrogen (secondary N) is 7. The van der Waals surface area contributed by atoms with E-state index in [4.69, 9.17) is 5.73 Å². The molecule has 0 saturated carbocycles. The summed E-state index contributed by atoms with van der Waals surface area (Å²) in [6, 6.07) is -1.17. The minimum absolute atomic E-state index is 0.0280. The number of likely N-dealkylation sites (tertiary alicyclic amines) is 1. The number of carboxylic acid groups (broad SMARTS) is 1. The highest BCUT2D eigenvalue weighted by molar-refractivity contribution is 5.97. The van der Waals surface area contributed by atoms with Gasteiger partial charge >= 0.3 is 5.97 Å². The number of carboxylic acids is 1. The molecule has 2 aromatic rings. The van der Waals surface area contributed by atoms with Crippen molar-refractivity contribution in [2.45, 2.75) is 103 Å². The average molecular weight is 827 g/mol. The minimum atomic E-state index is -1.30. The first-order valence-corrected chi connectivity index (χ1v) is 19.6. The third-order valence-corrected chi connectivity index (χ3v) is 9.82. The molecule has 7 amide bonds. The van der Waals surface area contributed by atoms with Gasteiger partial charge in [-0.15, -0.1) is 0 Å². The lowest BCUT2D eigenvalue weighted by Crippen LogP contribution is -2.61. The molecule has 20 heteroatoms. The second-order valence-corrected chi connectivity index (χ2v) is 15.5. The highest BCUT2D eigenvalue weighted by Gasteiger charge is 2.41. The number of hydrogen-bond acceptors (Lipinski definition) is 11. The first-order valence-electron chi connectivity index (χ1n) is 19.6. The van der Waals surface area contributed by atoms with Gasteiger partial charge in [0.25, 0.3) is 0 Å². The van der Waals surface area contributed by atoms with Crippen molar-refractivity contribution in [2.75, 3.05) is 19.6 Å². The second kappa shape index (κ2) is 22.2. The van der Waals surface area contributed by atoms with Crippen LogP contribution < -0.4 is 37.6 Å². The third-order valence-electron chi connectivity index (χ3n) is 9.82. The van der Waals surface area contributed by atoms with Gasteiger partial charge in [-0.3, -0.25) is 33.6 Å². The molecular formula is C39H58N10O10. The molecule has 0 aliphatic carbocycles. The van der Waals surface area contributed by atoms with E-state index in [0.29, 0.717) is 17.7 Å². The number of aromatic hydroxyl groups is 1. The zero-order chi connectivity index (χ0) is 44.0. The number of amides is 7. The van der Waals surface area contributed by atoms with E-state index < -0.39 is 108 Å². The Labute approximate surface area is 342 Å². The zero-order valence-corrected chi connectivity index (χ0v) is 34.2. The molecule has 0 bridgehead atoms.